The van der Waals surface area contributed by atoms with Crippen molar-refractivity contribution in [1.82, 2.24) is 9.62 Å². The molecule has 1 aliphatic heterocycles. The molecule has 1 heterocycles. The molecule has 1 saturated heterocycles. The molecule has 15 heavy (non-hydrogen) atoms. The Kier molecular flexibility index (Phi) is 4.10. The van der Waals surface area contributed by atoms with Gasteiger partial charge in [-0.1, -0.05) is 0 Å². The molecule has 0 aromatic heterocycles. The summed E-state index contributed by atoms with van der Waals surface area (Å²) in [4.78, 5) is 11.3. The van der Waals surface area contributed by atoms with Crippen LogP contribution in [0.2, 0.25) is 0 Å². The van der Waals surface area contributed by atoms with Crippen LogP contribution in [0.1, 0.15) is 26.2 Å². The number of carbonyl (C=O) groups excluding carboxylic acids is 1. The summed E-state index contributed by atoms with van der Waals surface area (Å²) in [5, 5.41) is 2.68. The van der Waals surface area contributed by atoms with Gasteiger partial charge in [-0.25, -0.2) is 8.42 Å². The van der Waals surface area contributed by atoms with Crippen molar-refractivity contribution in [3.05, 3.63) is 0 Å². The molecule has 0 aromatic rings. The molecule has 0 radical (unpaired) electrons. The molecule has 1 atom stereocenters. The quantitative estimate of drug-likeness (QED) is 0.741. The lowest BCUT2D eigenvalue weighted by Gasteiger charge is -2.21. The molecule has 1 N–H and O–H groups in total. The second-order valence-electron chi connectivity index (χ2n) is 3.83. The van der Waals surface area contributed by atoms with Crippen LogP contribution in [0.5, 0.6) is 0 Å². The van der Waals surface area contributed by atoms with E-state index in [0.717, 1.165) is 12.8 Å². The van der Waals surface area contributed by atoms with E-state index in [1.807, 2.05) is 6.92 Å². The lowest BCUT2D eigenvalue weighted by atomic mass is 10.1. The van der Waals surface area contributed by atoms with Crippen molar-refractivity contribution in [3.8, 4) is 0 Å². The fourth-order valence-electron chi connectivity index (χ4n) is 1.93. The third-order valence-corrected chi connectivity index (χ3v) is 3.88. The van der Waals surface area contributed by atoms with E-state index in [1.54, 1.807) is 0 Å². The molecule has 6 heteroatoms. The van der Waals surface area contributed by atoms with Crippen LogP contribution in [-0.2, 0) is 14.8 Å². The number of nitrogens with one attached hydrogen (secondary N) is 1. The zero-order chi connectivity index (χ0) is 11.5. The second-order valence-corrected chi connectivity index (χ2v) is 5.76. The molecule has 0 saturated carbocycles. The van der Waals surface area contributed by atoms with Gasteiger partial charge in [-0.2, -0.15) is 4.31 Å². The Labute approximate surface area is 90.9 Å². The minimum absolute atomic E-state index is 0.0712. The van der Waals surface area contributed by atoms with Gasteiger partial charge in [0.2, 0.25) is 15.9 Å². The minimum Gasteiger partial charge on any atom is -0.356 e. The van der Waals surface area contributed by atoms with Gasteiger partial charge in [0.15, 0.2) is 0 Å². The van der Waals surface area contributed by atoms with Gasteiger partial charge >= 0.3 is 0 Å². The highest BCUT2D eigenvalue weighted by Gasteiger charge is 2.32. The first-order valence-corrected chi connectivity index (χ1v) is 7.03. The molecular weight excluding hydrogens is 216 g/mol. The molecular formula is C9H18N2O3S. The van der Waals surface area contributed by atoms with Gasteiger partial charge in [-0.3, -0.25) is 4.79 Å². The van der Waals surface area contributed by atoms with E-state index in [2.05, 4.69) is 5.32 Å². The van der Waals surface area contributed by atoms with Crippen molar-refractivity contribution < 1.29 is 13.2 Å². The van der Waals surface area contributed by atoms with E-state index in [0.29, 0.717) is 13.1 Å². The second kappa shape index (κ2) is 4.94. The van der Waals surface area contributed by atoms with Crippen LogP contribution in [0.15, 0.2) is 0 Å². The molecule has 1 amide bonds. The summed E-state index contributed by atoms with van der Waals surface area (Å²) in [5.74, 6) is -0.0712. The Hall–Kier alpha value is -0.620. The highest BCUT2D eigenvalue weighted by molar-refractivity contribution is 7.88. The molecule has 0 aliphatic carbocycles. The SMILES string of the molecule is CCNC(=O)C[C@@H]1CCCN1S(C)(=O)=O. The third kappa shape index (κ3) is 3.46. The fraction of sp³-hybridized carbons (Fsp3) is 0.889. The molecule has 0 aromatic carbocycles. The normalized spacial score (nSPS) is 22.9. The van der Waals surface area contributed by atoms with Gasteiger partial charge in [0.25, 0.3) is 0 Å². The average molecular weight is 234 g/mol. The van der Waals surface area contributed by atoms with Crippen molar-refractivity contribution >= 4 is 15.9 Å². The molecule has 0 unspecified atom stereocenters. The number of rotatable bonds is 4. The summed E-state index contributed by atoms with van der Waals surface area (Å²) in [7, 11) is -3.16. The zero-order valence-electron chi connectivity index (χ0n) is 9.19. The van der Waals surface area contributed by atoms with Crippen molar-refractivity contribution in [2.45, 2.75) is 32.2 Å². The highest BCUT2D eigenvalue weighted by atomic mass is 32.2. The molecule has 0 spiro atoms. The van der Waals surface area contributed by atoms with Crippen LogP contribution in [0.25, 0.3) is 0 Å². The predicted molar refractivity (Wildman–Crippen MR) is 57.9 cm³/mol. The lowest BCUT2D eigenvalue weighted by Crippen LogP contribution is -2.38. The van der Waals surface area contributed by atoms with Gasteiger partial charge in [0.05, 0.1) is 6.26 Å². The van der Waals surface area contributed by atoms with Crippen LogP contribution >= 0.6 is 0 Å². The predicted octanol–water partition coefficient (Wildman–Crippen LogP) is -0.0634. The molecule has 1 aliphatic rings. The Morgan fingerprint density at radius 1 is 1.53 bits per heavy atom. The number of sulfonamides is 1. The van der Waals surface area contributed by atoms with E-state index in [1.165, 1.54) is 10.6 Å². The number of carbonyl (C=O) groups is 1. The van der Waals surface area contributed by atoms with E-state index < -0.39 is 10.0 Å². The molecule has 5 nitrogen and oxygen atoms in total. The van der Waals surface area contributed by atoms with E-state index >= 15 is 0 Å². The summed E-state index contributed by atoms with van der Waals surface area (Å²) in [6.07, 6.45) is 3.10. The molecule has 1 fully saturated rings. The maximum atomic E-state index is 11.4. The maximum absolute atomic E-state index is 11.4. The standard InChI is InChI=1S/C9H18N2O3S/c1-3-10-9(12)7-8-5-4-6-11(8)15(2,13)14/h8H,3-7H2,1-2H3,(H,10,12)/t8-/m0/s1. The van der Waals surface area contributed by atoms with Crippen molar-refractivity contribution in [1.29, 1.82) is 0 Å². The Morgan fingerprint density at radius 3 is 2.73 bits per heavy atom. The number of nitrogens with zero attached hydrogens (tertiary/aromatic N) is 1. The van der Waals surface area contributed by atoms with E-state index in [9.17, 15) is 13.2 Å². The Morgan fingerprint density at radius 2 is 2.20 bits per heavy atom. The van der Waals surface area contributed by atoms with Gasteiger partial charge in [-0.15, -0.1) is 0 Å². The molecule has 0 bridgehead atoms. The van der Waals surface area contributed by atoms with E-state index in [-0.39, 0.29) is 18.4 Å². The molecule has 88 valence electrons. The van der Waals surface area contributed by atoms with Crippen LogP contribution < -0.4 is 5.32 Å². The summed E-state index contributed by atoms with van der Waals surface area (Å²) in [6, 6.07) is -0.147. The van der Waals surface area contributed by atoms with Crippen LogP contribution in [0, 0.1) is 0 Å². The van der Waals surface area contributed by atoms with Gasteiger partial charge in [0, 0.05) is 25.6 Å². The van der Waals surface area contributed by atoms with Crippen molar-refractivity contribution in [2.75, 3.05) is 19.3 Å². The first-order chi connectivity index (χ1) is 6.95. The topological polar surface area (TPSA) is 66.5 Å². The maximum Gasteiger partial charge on any atom is 0.221 e. The summed E-state index contributed by atoms with van der Waals surface area (Å²) in [5.41, 5.74) is 0. The fourth-order valence-corrected chi connectivity index (χ4v) is 3.12. The first kappa shape index (κ1) is 12.4. The van der Waals surface area contributed by atoms with Crippen molar-refractivity contribution in [3.63, 3.8) is 0 Å². The van der Waals surface area contributed by atoms with Crippen molar-refractivity contribution in [2.24, 2.45) is 0 Å². The largest absolute Gasteiger partial charge is 0.356 e. The third-order valence-electron chi connectivity index (χ3n) is 2.54. The van der Waals surface area contributed by atoms with Crippen LogP contribution in [0.3, 0.4) is 0 Å². The van der Waals surface area contributed by atoms with Gasteiger partial charge in [0.1, 0.15) is 0 Å². The molecule has 1 rings (SSSR count). The average Bonchev–Trinajstić information content (AvgIpc) is 2.51. The smallest absolute Gasteiger partial charge is 0.221 e. The minimum atomic E-state index is -3.16. The summed E-state index contributed by atoms with van der Waals surface area (Å²) in [6.45, 7) is 2.98. The van der Waals surface area contributed by atoms with Gasteiger partial charge in [-0.05, 0) is 19.8 Å². The van der Waals surface area contributed by atoms with Gasteiger partial charge < -0.3 is 5.32 Å². The summed E-state index contributed by atoms with van der Waals surface area (Å²) >= 11 is 0. The highest BCUT2D eigenvalue weighted by Crippen LogP contribution is 2.22. The Bertz CT molecular complexity index is 326. The van der Waals surface area contributed by atoms with Crippen LogP contribution in [-0.4, -0.2) is 44.0 Å². The van der Waals surface area contributed by atoms with E-state index in [4.69, 9.17) is 0 Å². The van der Waals surface area contributed by atoms with Crippen LogP contribution in [0.4, 0.5) is 0 Å². The summed E-state index contributed by atoms with van der Waals surface area (Å²) < 4.78 is 24.2. The number of amides is 1. The monoisotopic (exact) mass is 234 g/mol. The zero-order valence-corrected chi connectivity index (χ0v) is 10.0. The number of hydrogen-bond donors (Lipinski definition) is 1. The Balaban J connectivity index is 2.58. The number of hydrogen-bond acceptors (Lipinski definition) is 3. The first-order valence-electron chi connectivity index (χ1n) is 5.18. The lowest BCUT2D eigenvalue weighted by molar-refractivity contribution is -0.121.